The summed E-state index contributed by atoms with van der Waals surface area (Å²) in [5.74, 6) is 0.359. The van der Waals surface area contributed by atoms with Crippen LogP contribution in [-0.2, 0) is 16.6 Å². The van der Waals surface area contributed by atoms with Crippen molar-refractivity contribution in [1.29, 1.82) is 0 Å². The number of ether oxygens (including phenoxy) is 1. The molecule has 0 aliphatic heterocycles. The summed E-state index contributed by atoms with van der Waals surface area (Å²) in [6, 6.07) is 16.6. The Kier molecular flexibility index (Phi) is 6.49. The average Bonchev–Trinajstić information content (AvgIpc) is 2.76. The predicted molar refractivity (Wildman–Crippen MR) is 113 cm³/mol. The molecule has 3 aromatic rings. The van der Waals surface area contributed by atoms with Crippen LogP contribution in [0.25, 0.3) is 0 Å². The Labute approximate surface area is 176 Å². The lowest BCUT2D eigenvalue weighted by Crippen LogP contribution is -2.29. The van der Waals surface area contributed by atoms with Gasteiger partial charge in [-0.3, -0.25) is 9.78 Å². The number of nitrogens with zero attached hydrogens (tertiary/aromatic N) is 2. The second-order valence-corrected chi connectivity index (χ2v) is 8.45. The molecule has 8 heteroatoms. The highest BCUT2D eigenvalue weighted by molar-refractivity contribution is 7.89. The molecule has 0 fully saturated rings. The first-order chi connectivity index (χ1) is 14.3. The zero-order chi connectivity index (χ0) is 21.7. The molecule has 1 aromatic heterocycles. The van der Waals surface area contributed by atoms with E-state index in [0.29, 0.717) is 23.5 Å². The third kappa shape index (κ3) is 5.22. The summed E-state index contributed by atoms with van der Waals surface area (Å²) < 4.78 is 29.0. The molecule has 1 amide bonds. The Balaban J connectivity index is 1.74. The monoisotopic (exact) mass is 425 g/mol. The minimum atomic E-state index is -3.82. The van der Waals surface area contributed by atoms with Gasteiger partial charge in [-0.1, -0.05) is 24.3 Å². The van der Waals surface area contributed by atoms with Gasteiger partial charge in [0.1, 0.15) is 12.4 Å². The van der Waals surface area contributed by atoms with Crippen molar-refractivity contribution in [2.24, 2.45) is 5.14 Å². The topological polar surface area (TPSA) is 103 Å². The van der Waals surface area contributed by atoms with Gasteiger partial charge in [0.15, 0.2) is 0 Å². The minimum Gasteiger partial charge on any atom is -0.489 e. The summed E-state index contributed by atoms with van der Waals surface area (Å²) in [5, 5.41) is 5.21. The summed E-state index contributed by atoms with van der Waals surface area (Å²) >= 11 is 0. The van der Waals surface area contributed by atoms with Crippen LogP contribution >= 0.6 is 0 Å². The number of hydrogen-bond acceptors (Lipinski definition) is 5. The number of benzene rings is 2. The van der Waals surface area contributed by atoms with Crippen molar-refractivity contribution < 1.29 is 17.9 Å². The van der Waals surface area contributed by atoms with Gasteiger partial charge in [0.25, 0.3) is 5.91 Å². The lowest BCUT2D eigenvalue weighted by atomic mass is 10.1. The summed E-state index contributed by atoms with van der Waals surface area (Å²) in [5.41, 5.74) is 2.06. The van der Waals surface area contributed by atoms with E-state index >= 15 is 0 Å². The van der Waals surface area contributed by atoms with Gasteiger partial charge in [-0.05, 0) is 48.9 Å². The van der Waals surface area contributed by atoms with E-state index in [9.17, 15) is 13.2 Å². The maximum atomic E-state index is 13.0. The van der Waals surface area contributed by atoms with Crippen molar-refractivity contribution >= 4 is 15.9 Å². The highest BCUT2D eigenvalue weighted by Gasteiger charge is 2.20. The standard InChI is InChI=1S/C22H23N3O4S/c1-16(18-7-4-10-21(13-18)30(23,27)28)25(2)22(26)19-8-3-9-20(12-19)29-15-17-6-5-11-24-14-17/h3-14,16H,15H2,1-2H3,(H2,23,27,28). The van der Waals surface area contributed by atoms with E-state index in [1.54, 1.807) is 60.7 Å². The number of hydrogen-bond donors (Lipinski definition) is 1. The molecule has 2 N–H and O–H groups in total. The van der Waals surface area contributed by atoms with Gasteiger partial charge in [-0.25, -0.2) is 13.6 Å². The maximum Gasteiger partial charge on any atom is 0.254 e. The van der Waals surface area contributed by atoms with Crippen LogP contribution in [0.4, 0.5) is 0 Å². The molecule has 0 saturated carbocycles. The molecule has 7 nitrogen and oxygen atoms in total. The Morgan fingerprint density at radius 2 is 1.90 bits per heavy atom. The molecule has 2 aromatic carbocycles. The Morgan fingerprint density at radius 3 is 2.60 bits per heavy atom. The lowest BCUT2D eigenvalue weighted by molar-refractivity contribution is 0.0742. The van der Waals surface area contributed by atoms with Gasteiger partial charge in [-0.2, -0.15) is 0 Å². The van der Waals surface area contributed by atoms with Crippen molar-refractivity contribution in [3.05, 3.63) is 89.7 Å². The maximum absolute atomic E-state index is 13.0. The first-order valence-electron chi connectivity index (χ1n) is 9.27. The number of amides is 1. The zero-order valence-corrected chi connectivity index (χ0v) is 17.5. The van der Waals surface area contributed by atoms with Crippen LogP contribution in [-0.4, -0.2) is 31.3 Å². The van der Waals surface area contributed by atoms with E-state index in [1.807, 2.05) is 19.1 Å². The van der Waals surface area contributed by atoms with Gasteiger partial charge in [-0.15, -0.1) is 0 Å². The lowest BCUT2D eigenvalue weighted by Gasteiger charge is -2.26. The number of primary sulfonamides is 1. The molecular formula is C22H23N3O4S. The van der Waals surface area contributed by atoms with Crippen LogP contribution in [0, 0.1) is 0 Å². The van der Waals surface area contributed by atoms with E-state index in [4.69, 9.17) is 9.88 Å². The number of pyridine rings is 1. The number of rotatable bonds is 7. The van der Waals surface area contributed by atoms with Gasteiger partial charge in [0.05, 0.1) is 10.9 Å². The number of aromatic nitrogens is 1. The van der Waals surface area contributed by atoms with Gasteiger partial charge >= 0.3 is 0 Å². The number of carbonyl (C=O) groups excluding carboxylic acids is 1. The molecule has 1 unspecified atom stereocenters. The second-order valence-electron chi connectivity index (χ2n) is 6.89. The quantitative estimate of drug-likeness (QED) is 0.626. The zero-order valence-electron chi connectivity index (χ0n) is 16.7. The molecule has 1 heterocycles. The van der Waals surface area contributed by atoms with Crippen LogP contribution in [0.3, 0.4) is 0 Å². The van der Waals surface area contributed by atoms with Crippen molar-refractivity contribution in [1.82, 2.24) is 9.88 Å². The minimum absolute atomic E-state index is 0.0125. The fourth-order valence-corrected chi connectivity index (χ4v) is 3.49. The molecular weight excluding hydrogens is 402 g/mol. The Hall–Kier alpha value is -3.23. The summed E-state index contributed by atoms with van der Waals surface area (Å²) in [6.07, 6.45) is 3.42. The summed E-state index contributed by atoms with van der Waals surface area (Å²) in [6.45, 7) is 2.17. The number of carbonyl (C=O) groups is 1. The van der Waals surface area contributed by atoms with Crippen molar-refractivity contribution in [3.8, 4) is 5.75 Å². The van der Waals surface area contributed by atoms with Crippen molar-refractivity contribution in [2.75, 3.05) is 7.05 Å². The molecule has 0 bridgehead atoms. The van der Waals surface area contributed by atoms with Gasteiger partial charge in [0, 0.05) is 30.6 Å². The number of sulfonamides is 1. The van der Waals surface area contributed by atoms with Gasteiger partial charge in [0.2, 0.25) is 10.0 Å². The first kappa shape index (κ1) is 21.5. The van der Waals surface area contributed by atoms with E-state index in [-0.39, 0.29) is 16.8 Å². The smallest absolute Gasteiger partial charge is 0.254 e. The molecule has 0 radical (unpaired) electrons. The third-order valence-electron chi connectivity index (χ3n) is 4.78. The van der Waals surface area contributed by atoms with E-state index in [2.05, 4.69) is 4.98 Å². The fraction of sp³-hybridized carbons (Fsp3) is 0.182. The van der Waals surface area contributed by atoms with Crippen LogP contribution < -0.4 is 9.88 Å². The van der Waals surface area contributed by atoms with Crippen molar-refractivity contribution in [2.45, 2.75) is 24.5 Å². The predicted octanol–water partition coefficient (Wildman–Crippen LogP) is 3.14. The molecule has 0 aliphatic carbocycles. The van der Waals surface area contributed by atoms with Crippen LogP contribution in [0.15, 0.2) is 78.0 Å². The largest absolute Gasteiger partial charge is 0.489 e. The summed E-state index contributed by atoms with van der Waals surface area (Å²) in [7, 11) is -2.15. The highest BCUT2D eigenvalue weighted by Crippen LogP contribution is 2.24. The van der Waals surface area contributed by atoms with Crippen molar-refractivity contribution in [3.63, 3.8) is 0 Å². The molecule has 0 spiro atoms. The number of nitrogens with two attached hydrogens (primary N) is 1. The summed E-state index contributed by atoms with van der Waals surface area (Å²) in [4.78, 5) is 18.6. The second kappa shape index (κ2) is 9.06. The van der Waals surface area contributed by atoms with E-state index in [0.717, 1.165) is 5.56 Å². The Bertz CT molecular complexity index is 1130. The van der Waals surface area contributed by atoms with E-state index in [1.165, 1.54) is 12.1 Å². The van der Waals surface area contributed by atoms with Crippen LogP contribution in [0.1, 0.15) is 34.5 Å². The first-order valence-corrected chi connectivity index (χ1v) is 10.8. The normalized spacial score (nSPS) is 12.2. The Morgan fingerprint density at radius 1 is 1.13 bits per heavy atom. The molecule has 0 aliphatic rings. The molecule has 30 heavy (non-hydrogen) atoms. The van der Waals surface area contributed by atoms with Crippen LogP contribution in [0.5, 0.6) is 5.75 Å². The van der Waals surface area contributed by atoms with Crippen LogP contribution in [0.2, 0.25) is 0 Å². The third-order valence-corrected chi connectivity index (χ3v) is 5.69. The molecule has 1 atom stereocenters. The van der Waals surface area contributed by atoms with Gasteiger partial charge < -0.3 is 9.64 Å². The van der Waals surface area contributed by atoms with E-state index < -0.39 is 10.0 Å². The molecule has 0 saturated heterocycles. The SMILES string of the molecule is CC(c1cccc(S(N)(=O)=O)c1)N(C)C(=O)c1cccc(OCc2cccnc2)c1. The average molecular weight is 426 g/mol. The molecule has 156 valence electrons. The highest BCUT2D eigenvalue weighted by atomic mass is 32.2. The molecule has 3 rings (SSSR count). The fourth-order valence-electron chi connectivity index (χ4n) is 2.92.